The van der Waals surface area contributed by atoms with Gasteiger partial charge >= 0.3 is 0 Å². The van der Waals surface area contributed by atoms with Crippen LogP contribution in [0.1, 0.15) is 41.7 Å². The van der Waals surface area contributed by atoms with E-state index in [1.54, 1.807) is 0 Å². The second-order valence-corrected chi connectivity index (χ2v) is 14.5. The van der Waals surface area contributed by atoms with Gasteiger partial charge in [0.15, 0.2) is 0 Å². The van der Waals surface area contributed by atoms with Crippen molar-refractivity contribution < 1.29 is 0 Å². The Morgan fingerprint density at radius 1 is 0.521 bits per heavy atom. The first kappa shape index (κ1) is 26.4. The smallest absolute Gasteiger partial charge is 0.0547 e. The summed E-state index contributed by atoms with van der Waals surface area (Å²) in [7, 11) is 0. The molecule has 2 atom stereocenters. The van der Waals surface area contributed by atoms with Gasteiger partial charge in [0, 0.05) is 33.7 Å². The van der Waals surface area contributed by atoms with E-state index in [-0.39, 0.29) is 5.41 Å². The van der Waals surface area contributed by atoms with Crippen molar-refractivity contribution in [2.45, 2.75) is 19.3 Å². The van der Waals surface area contributed by atoms with Crippen LogP contribution in [0.25, 0.3) is 66.1 Å². The number of fused-ring (bicyclic) bond motifs is 10. The van der Waals surface area contributed by atoms with Crippen LogP contribution >= 0.6 is 0 Å². The SMILES string of the molecule is CC1(C)c2ccccc2-c2cc3c(cc21)c1ccccc1n3-c1ccc2cc(C3=CC=C4c5ccccc5C5=CC=CC3C54)ccc2c1. The lowest BCUT2D eigenvalue weighted by Crippen LogP contribution is -2.18. The third-order valence-corrected chi connectivity index (χ3v) is 11.8. The molecule has 2 unspecified atom stereocenters. The monoisotopic (exact) mass is 611 g/mol. The number of hydrogen-bond donors (Lipinski definition) is 0. The maximum atomic E-state index is 2.47. The lowest BCUT2D eigenvalue weighted by molar-refractivity contribution is 0.661. The van der Waals surface area contributed by atoms with E-state index in [4.69, 9.17) is 0 Å². The Morgan fingerprint density at radius 3 is 2.10 bits per heavy atom. The van der Waals surface area contributed by atoms with E-state index in [9.17, 15) is 0 Å². The van der Waals surface area contributed by atoms with Gasteiger partial charge in [0.25, 0.3) is 0 Å². The van der Waals surface area contributed by atoms with E-state index < -0.39 is 0 Å². The van der Waals surface area contributed by atoms with E-state index in [1.165, 1.54) is 93.9 Å². The van der Waals surface area contributed by atoms with Crippen molar-refractivity contribution in [1.29, 1.82) is 0 Å². The van der Waals surface area contributed by atoms with Crippen LogP contribution in [0.3, 0.4) is 0 Å². The number of aromatic nitrogens is 1. The fourth-order valence-electron chi connectivity index (χ4n) is 9.51. The lowest BCUT2D eigenvalue weighted by Gasteiger charge is -2.31. The first-order chi connectivity index (χ1) is 23.6. The first-order valence-electron chi connectivity index (χ1n) is 17.2. The maximum absolute atomic E-state index is 2.47. The van der Waals surface area contributed by atoms with Crippen LogP contribution < -0.4 is 0 Å². The molecule has 48 heavy (non-hydrogen) atoms. The second-order valence-electron chi connectivity index (χ2n) is 14.5. The summed E-state index contributed by atoms with van der Waals surface area (Å²) in [6, 6.07) is 45.7. The predicted molar refractivity (Wildman–Crippen MR) is 202 cm³/mol. The molecule has 0 aliphatic heterocycles. The number of nitrogens with zero attached hydrogens (tertiary/aromatic N) is 1. The number of rotatable bonds is 2. The van der Waals surface area contributed by atoms with Gasteiger partial charge in [-0.1, -0.05) is 129 Å². The summed E-state index contributed by atoms with van der Waals surface area (Å²) in [4.78, 5) is 0. The zero-order valence-electron chi connectivity index (χ0n) is 27.0. The average molecular weight is 612 g/mol. The highest BCUT2D eigenvalue weighted by molar-refractivity contribution is 6.12. The van der Waals surface area contributed by atoms with Crippen LogP contribution in [0, 0.1) is 11.8 Å². The lowest BCUT2D eigenvalue weighted by atomic mass is 9.72. The Labute approximate surface area is 280 Å². The van der Waals surface area contributed by atoms with Crippen molar-refractivity contribution in [2.24, 2.45) is 11.8 Å². The van der Waals surface area contributed by atoms with Gasteiger partial charge in [0.05, 0.1) is 11.0 Å². The minimum Gasteiger partial charge on any atom is -0.309 e. The summed E-state index contributed by atoms with van der Waals surface area (Å²) in [5.41, 5.74) is 17.7. The van der Waals surface area contributed by atoms with Crippen LogP contribution in [-0.4, -0.2) is 4.57 Å². The molecule has 0 amide bonds. The molecule has 4 aliphatic rings. The molecule has 6 aromatic carbocycles. The number of para-hydroxylation sites is 1. The topological polar surface area (TPSA) is 4.93 Å². The van der Waals surface area contributed by atoms with Crippen molar-refractivity contribution in [3.05, 3.63) is 180 Å². The number of hydrogen-bond acceptors (Lipinski definition) is 0. The van der Waals surface area contributed by atoms with Gasteiger partial charge in [0.2, 0.25) is 0 Å². The molecule has 226 valence electrons. The minimum atomic E-state index is -0.0257. The first-order valence-corrected chi connectivity index (χ1v) is 17.2. The molecule has 1 aromatic heterocycles. The standard InChI is InChI=1S/C47H33N/c1-47(2)42-16-7-5-12-35(42)40-27-45-41(26-43(40)47)36-13-6-8-17-44(36)48(45)31-21-20-28-24-30(19-18-29(28)25-31)32-22-23-39-34-11-4-3-10-33(34)38-15-9-14-37(32)46(38)39/h3-27,37,46H,1-2H3. The zero-order valence-corrected chi connectivity index (χ0v) is 27.0. The molecule has 0 radical (unpaired) electrons. The van der Waals surface area contributed by atoms with Crippen LogP contribution in [0.5, 0.6) is 0 Å². The predicted octanol–water partition coefficient (Wildman–Crippen LogP) is 11.9. The Balaban J connectivity index is 1.05. The van der Waals surface area contributed by atoms with E-state index in [1.807, 2.05) is 0 Å². The summed E-state index contributed by atoms with van der Waals surface area (Å²) in [5, 5.41) is 5.16. The quantitative estimate of drug-likeness (QED) is 0.183. The molecule has 4 aliphatic carbocycles. The third-order valence-electron chi connectivity index (χ3n) is 11.8. The summed E-state index contributed by atoms with van der Waals surface area (Å²) in [6.07, 6.45) is 11.8. The Hall–Kier alpha value is -5.66. The van der Waals surface area contributed by atoms with Gasteiger partial charge in [-0.3, -0.25) is 0 Å². The van der Waals surface area contributed by atoms with Crippen molar-refractivity contribution >= 4 is 49.3 Å². The Bertz CT molecular complexity index is 2700. The Kier molecular flexibility index (Phi) is 5.08. The molecule has 0 fully saturated rings. The maximum Gasteiger partial charge on any atom is 0.0547 e. The van der Waals surface area contributed by atoms with Crippen LogP contribution in [0.15, 0.2) is 152 Å². The molecule has 7 aromatic rings. The Morgan fingerprint density at radius 2 is 1.23 bits per heavy atom. The zero-order chi connectivity index (χ0) is 31.7. The summed E-state index contributed by atoms with van der Waals surface area (Å²) < 4.78 is 2.47. The van der Waals surface area contributed by atoms with E-state index in [0.717, 1.165) is 0 Å². The molecule has 0 bridgehead atoms. The third kappa shape index (κ3) is 3.36. The molecular formula is C47H33N. The van der Waals surface area contributed by atoms with Gasteiger partial charge in [0.1, 0.15) is 0 Å². The minimum absolute atomic E-state index is 0.0257. The summed E-state index contributed by atoms with van der Waals surface area (Å²) >= 11 is 0. The highest BCUT2D eigenvalue weighted by Gasteiger charge is 2.40. The summed E-state index contributed by atoms with van der Waals surface area (Å²) in [6.45, 7) is 4.73. The number of allylic oxidation sites excluding steroid dienone is 8. The molecule has 1 nitrogen and oxygen atoms in total. The van der Waals surface area contributed by atoms with Gasteiger partial charge in [-0.25, -0.2) is 0 Å². The van der Waals surface area contributed by atoms with Crippen molar-refractivity contribution in [3.63, 3.8) is 0 Å². The van der Waals surface area contributed by atoms with Gasteiger partial charge < -0.3 is 4.57 Å². The molecule has 0 saturated carbocycles. The second kappa shape index (κ2) is 9.24. The molecule has 0 saturated heterocycles. The van der Waals surface area contributed by atoms with Crippen molar-refractivity contribution in [1.82, 2.24) is 4.57 Å². The molecule has 0 N–H and O–H groups in total. The molecular weight excluding hydrogens is 579 g/mol. The van der Waals surface area contributed by atoms with Crippen molar-refractivity contribution in [2.75, 3.05) is 0 Å². The van der Waals surface area contributed by atoms with Crippen LogP contribution in [-0.2, 0) is 5.41 Å². The highest BCUT2D eigenvalue weighted by atomic mass is 15.0. The molecule has 11 rings (SSSR count). The average Bonchev–Trinajstić information content (AvgIpc) is 3.71. The molecule has 1 heterocycles. The fraction of sp³-hybridized carbons (Fsp3) is 0.106. The molecule has 0 spiro atoms. The fourth-order valence-corrected chi connectivity index (χ4v) is 9.51. The molecule has 1 heteroatoms. The van der Waals surface area contributed by atoms with Crippen molar-refractivity contribution in [3.8, 4) is 16.8 Å². The van der Waals surface area contributed by atoms with E-state index in [2.05, 4.69) is 170 Å². The van der Waals surface area contributed by atoms with Crippen LogP contribution in [0.4, 0.5) is 0 Å². The number of benzene rings is 6. The van der Waals surface area contributed by atoms with E-state index >= 15 is 0 Å². The van der Waals surface area contributed by atoms with Gasteiger partial charge in [-0.05, 0) is 103 Å². The van der Waals surface area contributed by atoms with Gasteiger partial charge in [-0.15, -0.1) is 0 Å². The summed E-state index contributed by atoms with van der Waals surface area (Å²) in [5.74, 6) is 0.753. The van der Waals surface area contributed by atoms with Crippen LogP contribution in [0.2, 0.25) is 0 Å². The largest absolute Gasteiger partial charge is 0.309 e. The van der Waals surface area contributed by atoms with E-state index in [0.29, 0.717) is 11.8 Å². The normalized spacial score (nSPS) is 19.5. The highest BCUT2D eigenvalue weighted by Crippen LogP contribution is 2.56. The van der Waals surface area contributed by atoms with Gasteiger partial charge in [-0.2, -0.15) is 0 Å².